The van der Waals surface area contributed by atoms with Crippen molar-refractivity contribution in [2.24, 2.45) is 5.10 Å². The summed E-state index contributed by atoms with van der Waals surface area (Å²) in [5.74, 6) is -0.0110. The Morgan fingerprint density at radius 1 is 1.43 bits per heavy atom. The Bertz CT molecular complexity index is 750. The van der Waals surface area contributed by atoms with E-state index in [0.29, 0.717) is 33.0 Å². The predicted octanol–water partition coefficient (Wildman–Crippen LogP) is 3.97. The molecular weight excluding hydrogens is 384 g/mol. The number of halogens is 2. The van der Waals surface area contributed by atoms with Crippen LogP contribution >= 0.6 is 27.5 Å². The van der Waals surface area contributed by atoms with Crippen molar-refractivity contribution in [3.8, 4) is 11.5 Å². The maximum Gasteiger partial charge on any atom is 0.271 e. The summed E-state index contributed by atoms with van der Waals surface area (Å²) in [5, 5.41) is 14.2. The van der Waals surface area contributed by atoms with Gasteiger partial charge in [-0.2, -0.15) is 5.10 Å². The summed E-state index contributed by atoms with van der Waals surface area (Å²) in [7, 11) is 0. The van der Waals surface area contributed by atoms with E-state index in [-0.39, 0.29) is 11.7 Å². The van der Waals surface area contributed by atoms with Gasteiger partial charge in [0.15, 0.2) is 11.5 Å². The van der Waals surface area contributed by atoms with Crippen molar-refractivity contribution >= 4 is 39.7 Å². The van der Waals surface area contributed by atoms with Crippen LogP contribution in [0.5, 0.6) is 11.5 Å². The Balaban J connectivity index is 2.10. The minimum atomic E-state index is -0.369. The average molecular weight is 398 g/mol. The molecule has 0 bridgehead atoms. The van der Waals surface area contributed by atoms with Crippen LogP contribution in [0.3, 0.4) is 0 Å². The Kier molecular flexibility index (Phi) is 6.01. The molecule has 1 amide bonds. The molecule has 0 saturated carbocycles. The number of hydrogen-bond donors (Lipinski definition) is 2. The molecule has 0 spiro atoms. The summed E-state index contributed by atoms with van der Waals surface area (Å²) in [4.78, 5) is 11.9. The molecule has 0 aromatic heterocycles. The molecule has 0 saturated heterocycles. The van der Waals surface area contributed by atoms with E-state index >= 15 is 0 Å². The maximum absolute atomic E-state index is 11.9. The monoisotopic (exact) mass is 396 g/mol. The van der Waals surface area contributed by atoms with Crippen molar-refractivity contribution in [3.63, 3.8) is 0 Å². The molecule has 2 aromatic carbocycles. The highest BCUT2D eigenvalue weighted by Gasteiger charge is 2.08. The van der Waals surface area contributed by atoms with E-state index in [1.807, 2.05) is 6.92 Å². The van der Waals surface area contributed by atoms with Crippen molar-refractivity contribution in [1.82, 2.24) is 5.43 Å². The van der Waals surface area contributed by atoms with Gasteiger partial charge in [-0.15, -0.1) is 0 Å². The number of hydrogen-bond acceptors (Lipinski definition) is 4. The van der Waals surface area contributed by atoms with Gasteiger partial charge in [0.1, 0.15) is 0 Å². The van der Waals surface area contributed by atoms with E-state index in [1.165, 1.54) is 6.21 Å². The maximum atomic E-state index is 11.9. The molecule has 5 nitrogen and oxygen atoms in total. The van der Waals surface area contributed by atoms with Gasteiger partial charge < -0.3 is 9.84 Å². The quantitative estimate of drug-likeness (QED) is 0.592. The van der Waals surface area contributed by atoms with E-state index in [2.05, 4.69) is 26.5 Å². The van der Waals surface area contributed by atoms with Crippen LogP contribution in [0.1, 0.15) is 22.8 Å². The zero-order chi connectivity index (χ0) is 16.8. The molecule has 7 heteroatoms. The lowest BCUT2D eigenvalue weighted by molar-refractivity contribution is 0.0955. The second-order valence-electron chi connectivity index (χ2n) is 4.49. The van der Waals surface area contributed by atoms with Gasteiger partial charge in [-0.3, -0.25) is 4.79 Å². The number of carbonyl (C=O) groups is 1. The van der Waals surface area contributed by atoms with Crippen LogP contribution in [0.25, 0.3) is 0 Å². The van der Waals surface area contributed by atoms with E-state index < -0.39 is 0 Å². The average Bonchev–Trinajstić information content (AvgIpc) is 2.52. The second-order valence-corrected chi connectivity index (χ2v) is 5.78. The molecule has 0 atom stereocenters. The summed E-state index contributed by atoms with van der Waals surface area (Å²) in [6.07, 6.45) is 1.45. The van der Waals surface area contributed by atoms with Crippen molar-refractivity contribution < 1.29 is 14.6 Å². The van der Waals surface area contributed by atoms with Crippen LogP contribution in [0.4, 0.5) is 0 Å². The number of ether oxygens (including phenoxy) is 1. The van der Waals surface area contributed by atoms with Crippen molar-refractivity contribution in [3.05, 3.63) is 57.0 Å². The van der Waals surface area contributed by atoms with E-state index in [0.717, 1.165) is 0 Å². The fourth-order valence-electron chi connectivity index (χ4n) is 1.79. The molecule has 0 fully saturated rings. The summed E-state index contributed by atoms with van der Waals surface area (Å²) in [6.45, 7) is 2.24. The summed E-state index contributed by atoms with van der Waals surface area (Å²) >= 11 is 9.08. The highest BCUT2D eigenvalue weighted by molar-refractivity contribution is 9.10. The van der Waals surface area contributed by atoms with Crippen molar-refractivity contribution in [2.45, 2.75) is 6.92 Å². The summed E-state index contributed by atoms with van der Waals surface area (Å²) in [5.41, 5.74) is 3.48. The van der Waals surface area contributed by atoms with E-state index in [4.69, 9.17) is 16.3 Å². The molecule has 2 N–H and O–H groups in total. The molecule has 0 heterocycles. The van der Waals surface area contributed by atoms with Gasteiger partial charge in [0.25, 0.3) is 5.91 Å². The summed E-state index contributed by atoms with van der Waals surface area (Å²) in [6, 6.07) is 9.85. The van der Waals surface area contributed by atoms with Crippen LogP contribution in [-0.2, 0) is 0 Å². The normalized spacial score (nSPS) is 10.7. The third kappa shape index (κ3) is 4.71. The van der Waals surface area contributed by atoms with Gasteiger partial charge in [0, 0.05) is 10.6 Å². The molecule has 23 heavy (non-hydrogen) atoms. The third-order valence-corrected chi connectivity index (χ3v) is 3.66. The van der Waals surface area contributed by atoms with E-state index in [1.54, 1.807) is 36.4 Å². The van der Waals surface area contributed by atoms with Crippen molar-refractivity contribution in [1.29, 1.82) is 0 Å². The zero-order valence-electron chi connectivity index (χ0n) is 12.2. The predicted molar refractivity (Wildman–Crippen MR) is 93.5 cm³/mol. The lowest BCUT2D eigenvalue weighted by atomic mass is 10.2. The zero-order valence-corrected chi connectivity index (χ0v) is 14.6. The van der Waals surface area contributed by atoms with Crippen LogP contribution in [0.2, 0.25) is 5.02 Å². The number of nitrogens with zero attached hydrogens (tertiary/aromatic N) is 1. The molecule has 0 radical (unpaired) electrons. The molecule has 0 aliphatic heterocycles. The van der Waals surface area contributed by atoms with E-state index in [9.17, 15) is 9.90 Å². The van der Waals surface area contributed by atoms with Crippen LogP contribution in [0, 0.1) is 0 Å². The molecule has 2 rings (SSSR count). The molecule has 0 unspecified atom stereocenters. The first kappa shape index (κ1) is 17.3. The van der Waals surface area contributed by atoms with Gasteiger partial charge in [0.2, 0.25) is 0 Å². The molecule has 0 aliphatic carbocycles. The molecular formula is C16H14BrClN2O3. The fraction of sp³-hybridized carbons (Fsp3) is 0.125. The Morgan fingerprint density at radius 2 is 2.22 bits per heavy atom. The molecule has 0 aliphatic rings. The first-order valence-electron chi connectivity index (χ1n) is 6.75. The van der Waals surface area contributed by atoms with Gasteiger partial charge in [0.05, 0.1) is 17.3 Å². The third-order valence-electron chi connectivity index (χ3n) is 2.82. The Labute approximate surface area is 147 Å². The lowest BCUT2D eigenvalue weighted by Gasteiger charge is -2.08. The SMILES string of the molecule is CCOc1cc(/C=N\NC(=O)c2cccc(Cl)c2)cc(Br)c1O. The molecule has 120 valence electrons. The van der Waals surface area contributed by atoms with Gasteiger partial charge in [-0.1, -0.05) is 17.7 Å². The first-order valence-corrected chi connectivity index (χ1v) is 7.92. The standard InChI is InChI=1S/C16H14BrClN2O3/c1-2-23-14-7-10(6-13(17)15(14)21)9-19-20-16(22)11-4-3-5-12(18)8-11/h3-9,21H,2H2,1H3,(H,20,22)/b19-9-. The summed E-state index contributed by atoms with van der Waals surface area (Å²) < 4.78 is 5.80. The number of benzene rings is 2. The second kappa shape index (κ2) is 7.99. The number of aromatic hydroxyl groups is 1. The fourth-order valence-corrected chi connectivity index (χ4v) is 2.44. The minimum Gasteiger partial charge on any atom is -0.503 e. The van der Waals surface area contributed by atoms with Crippen LogP contribution in [0.15, 0.2) is 46.0 Å². The van der Waals surface area contributed by atoms with Gasteiger partial charge >= 0.3 is 0 Å². The first-order chi connectivity index (χ1) is 11.0. The number of phenols is 1. The highest BCUT2D eigenvalue weighted by Crippen LogP contribution is 2.35. The Morgan fingerprint density at radius 3 is 2.91 bits per heavy atom. The number of amides is 1. The lowest BCUT2D eigenvalue weighted by Crippen LogP contribution is -2.17. The number of carbonyl (C=O) groups excluding carboxylic acids is 1. The highest BCUT2D eigenvalue weighted by atomic mass is 79.9. The topological polar surface area (TPSA) is 70.9 Å². The number of nitrogens with one attached hydrogen (secondary N) is 1. The van der Waals surface area contributed by atoms with Crippen LogP contribution in [-0.4, -0.2) is 23.8 Å². The minimum absolute atomic E-state index is 0.0203. The number of phenolic OH excluding ortho intramolecular Hbond substituents is 1. The molecule has 2 aromatic rings. The number of rotatable bonds is 5. The van der Waals surface area contributed by atoms with Crippen LogP contribution < -0.4 is 10.2 Å². The Hall–Kier alpha value is -2.05. The van der Waals surface area contributed by atoms with Gasteiger partial charge in [-0.05, 0) is 58.7 Å². The van der Waals surface area contributed by atoms with Crippen molar-refractivity contribution in [2.75, 3.05) is 6.61 Å². The number of hydrazone groups is 1. The largest absolute Gasteiger partial charge is 0.503 e. The van der Waals surface area contributed by atoms with Gasteiger partial charge in [-0.25, -0.2) is 5.43 Å². The smallest absolute Gasteiger partial charge is 0.271 e.